The molecule has 2 rings (SSSR count). The molecule has 0 radical (unpaired) electrons. The monoisotopic (exact) mass is 366 g/mol. The van der Waals surface area contributed by atoms with E-state index in [1.165, 1.54) is 6.92 Å². The van der Waals surface area contributed by atoms with Crippen LogP contribution in [0.25, 0.3) is 0 Å². The number of rotatable bonds is 3. The number of Topliss-reactive ketones (excluding diaryl/α,β-unsaturated/α-hetero) is 1. The molecule has 138 valence electrons. The van der Waals surface area contributed by atoms with Crippen LogP contribution in [0.1, 0.15) is 51.4 Å². The van der Waals surface area contributed by atoms with Crippen molar-refractivity contribution in [3.63, 3.8) is 0 Å². The van der Waals surface area contributed by atoms with Crippen molar-refractivity contribution in [2.24, 2.45) is 5.92 Å². The molecule has 1 saturated heterocycles. The standard InChI is InChI=1S/C19H27ClN2O3/c1-12-11-22(18(24)25-19(3,4)5)9-8-16(12)21-17-7-6-14(20)10-15(17)13(2)23/h6-7,10,12,16,21H,8-9,11H2,1-5H3/t12-,16-/m1/s1. The van der Waals surface area contributed by atoms with Crippen molar-refractivity contribution < 1.29 is 14.3 Å². The fourth-order valence-electron chi connectivity index (χ4n) is 2.99. The van der Waals surface area contributed by atoms with Crippen LogP contribution in [0.5, 0.6) is 0 Å². The molecule has 25 heavy (non-hydrogen) atoms. The van der Waals surface area contributed by atoms with Crippen molar-refractivity contribution in [3.05, 3.63) is 28.8 Å². The maximum Gasteiger partial charge on any atom is 0.410 e. The van der Waals surface area contributed by atoms with Gasteiger partial charge < -0.3 is 15.0 Å². The third-order valence-electron chi connectivity index (χ3n) is 4.26. The third kappa shape index (κ3) is 5.36. The van der Waals surface area contributed by atoms with E-state index in [4.69, 9.17) is 16.3 Å². The van der Waals surface area contributed by atoms with Crippen LogP contribution < -0.4 is 5.32 Å². The van der Waals surface area contributed by atoms with Gasteiger partial charge in [0.1, 0.15) is 5.60 Å². The Balaban J connectivity index is 2.03. The van der Waals surface area contributed by atoms with Gasteiger partial charge in [-0.3, -0.25) is 4.79 Å². The van der Waals surface area contributed by atoms with Crippen LogP contribution in [0.15, 0.2) is 18.2 Å². The van der Waals surface area contributed by atoms with Crippen LogP contribution in [0.4, 0.5) is 10.5 Å². The van der Waals surface area contributed by atoms with Crippen molar-refractivity contribution in [2.75, 3.05) is 18.4 Å². The number of nitrogens with zero attached hydrogens (tertiary/aromatic N) is 1. The van der Waals surface area contributed by atoms with E-state index < -0.39 is 5.60 Å². The summed E-state index contributed by atoms with van der Waals surface area (Å²) in [5.41, 5.74) is 0.892. The number of amides is 1. The number of nitrogens with one attached hydrogen (secondary N) is 1. The second-order valence-corrected chi connectivity index (χ2v) is 8.13. The molecule has 0 bridgehead atoms. The Kier molecular flexibility index (Phi) is 5.99. The smallest absolute Gasteiger partial charge is 0.410 e. The normalized spacial score (nSPS) is 21.0. The van der Waals surface area contributed by atoms with Gasteiger partial charge in [0, 0.05) is 35.4 Å². The average molecular weight is 367 g/mol. The lowest BCUT2D eigenvalue weighted by Gasteiger charge is -2.38. The number of piperidine rings is 1. The number of hydrogen-bond donors (Lipinski definition) is 1. The van der Waals surface area contributed by atoms with Crippen LogP contribution in [-0.2, 0) is 4.74 Å². The molecule has 1 aromatic rings. The quantitative estimate of drug-likeness (QED) is 0.794. The molecular weight excluding hydrogens is 340 g/mol. The first-order chi connectivity index (χ1) is 11.6. The summed E-state index contributed by atoms with van der Waals surface area (Å²) in [6.45, 7) is 10.5. The summed E-state index contributed by atoms with van der Waals surface area (Å²) in [4.78, 5) is 25.8. The minimum atomic E-state index is -0.491. The van der Waals surface area contributed by atoms with Crippen molar-refractivity contribution in [1.29, 1.82) is 0 Å². The zero-order valence-corrected chi connectivity index (χ0v) is 16.3. The number of carbonyl (C=O) groups is 2. The first-order valence-electron chi connectivity index (χ1n) is 8.62. The van der Waals surface area contributed by atoms with E-state index in [1.807, 2.05) is 26.8 Å². The van der Waals surface area contributed by atoms with Gasteiger partial charge in [0.2, 0.25) is 0 Å². The predicted molar refractivity (Wildman–Crippen MR) is 100 cm³/mol. The largest absolute Gasteiger partial charge is 0.444 e. The number of ketones is 1. The lowest BCUT2D eigenvalue weighted by Crippen LogP contribution is -2.49. The van der Waals surface area contributed by atoms with Gasteiger partial charge in [0.05, 0.1) is 0 Å². The summed E-state index contributed by atoms with van der Waals surface area (Å²) < 4.78 is 5.45. The Morgan fingerprint density at radius 1 is 1.32 bits per heavy atom. The lowest BCUT2D eigenvalue weighted by atomic mass is 9.93. The molecule has 0 aromatic heterocycles. The van der Waals surface area contributed by atoms with E-state index in [2.05, 4.69) is 12.2 Å². The summed E-state index contributed by atoms with van der Waals surface area (Å²) in [5.74, 6) is 0.209. The van der Waals surface area contributed by atoms with E-state index in [1.54, 1.807) is 17.0 Å². The van der Waals surface area contributed by atoms with E-state index in [0.29, 0.717) is 23.7 Å². The second-order valence-electron chi connectivity index (χ2n) is 7.69. The average Bonchev–Trinajstić information content (AvgIpc) is 2.48. The van der Waals surface area contributed by atoms with Gasteiger partial charge in [-0.2, -0.15) is 0 Å². The highest BCUT2D eigenvalue weighted by molar-refractivity contribution is 6.31. The Bertz CT molecular complexity index is 655. The summed E-state index contributed by atoms with van der Waals surface area (Å²) in [6, 6.07) is 5.48. The number of ether oxygens (including phenoxy) is 1. The van der Waals surface area contributed by atoms with E-state index in [9.17, 15) is 9.59 Å². The fraction of sp³-hybridized carbons (Fsp3) is 0.579. The van der Waals surface area contributed by atoms with Crippen molar-refractivity contribution in [3.8, 4) is 0 Å². The molecule has 0 unspecified atom stereocenters. The van der Waals surface area contributed by atoms with E-state index >= 15 is 0 Å². The highest BCUT2D eigenvalue weighted by Gasteiger charge is 2.31. The number of anilines is 1. The Morgan fingerprint density at radius 2 is 2.00 bits per heavy atom. The van der Waals surface area contributed by atoms with Gasteiger partial charge in [0.15, 0.2) is 5.78 Å². The fourth-order valence-corrected chi connectivity index (χ4v) is 3.16. The van der Waals surface area contributed by atoms with Gasteiger partial charge in [-0.25, -0.2) is 4.79 Å². The van der Waals surface area contributed by atoms with Gasteiger partial charge in [-0.05, 0) is 58.2 Å². The Morgan fingerprint density at radius 3 is 2.56 bits per heavy atom. The van der Waals surface area contributed by atoms with Crippen LogP contribution in [-0.4, -0.2) is 41.5 Å². The molecule has 1 heterocycles. The van der Waals surface area contributed by atoms with Crippen molar-refractivity contribution >= 4 is 29.2 Å². The third-order valence-corrected chi connectivity index (χ3v) is 4.49. The highest BCUT2D eigenvalue weighted by atomic mass is 35.5. The van der Waals surface area contributed by atoms with Gasteiger partial charge in [-0.15, -0.1) is 0 Å². The molecular formula is C19H27ClN2O3. The van der Waals surface area contributed by atoms with Crippen LogP contribution in [0, 0.1) is 5.92 Å². The second kappa shape index (κ2) is 7.65. The SMILES string of the molecule is CC(=O)c1cc(Cl)ccc1N[C@@H]1CCN(C(=O)OC(C)(C)C)C[C@H]1C. The maximum atomic E-state index is 12.2. The number of benzene rings is 1. The minimum absolute atomic E-state index is 0.0242. The molecule has 0 saturated carbocycles. The first kappa shape index (κ1) is 19.6. The number of carbonyl (C=O) groups excluding carboxylic acids is 2. The summed E-state index contributed by atoms with van der Waals surface area (Å²) in [5, 5.41) is 4.00. The number of halogens is 1. The molecule has 6 heteroatoms. The zero-order chi connectivity index (χ0) is 18.8. The number of hydrogen-bond acceptors (Lipinski definition) is 4. The molecule has 1 N–H and O–H groups in total. The maximum absolute atomic E-state index is 12.2. The zero-order valence-electron chi connectivity index (χ0n) is 15.6. The Hall–Kier alpha value is -1.75. The molecule has 2 atom stereocenters. The Labute approximate surface area is 154 Å². The van der Waals surface area contributed by atoms with E-state index in [0.717, 1.165) is 12.1 Å². The summed E-state index contributed by atoms with van der Waals surface area (Å²) >= 11 is 6.00. The van der Waals surface area contributed by atoms with Crippen LogP contribution in [0.3, 0.4) is 0 Å². The number of likely N-dealkylation sites (tertiary alicyclic amines) is 1. The molecule has 5 nitrogen and oxygen atoms in total. The molecule has 1 amide bonds. The molecule has 1 aliphatic rings. The summed E-state index contributed by atoms with van der Waals surface area (Å²) in [6.07, 6.45) is 0.522. The molecule has 1 aromatic carbocycles. The molecule has 1 aliphatic heterocycles. The molecule has 0 spiro atoms. The first-order valence-corrected chi connectivity index (χ1v) is 8.99. The van der Waals surface area contributed by atoms with Gasteiger partial charge >= 0.3 is 6.09 Å². The van der Waals surface area contributed by atoms with Gasteiger partial charge in [0.25, 0.3) is 0 Å². The van der Waals surface area contributed by atoms with Crippen LogP contribution in [0.2, 0.25) is 5.02 Å². The molecule has 0 aliphatic carbocycles. The van der Waals surface area contributed by atoms with Crippen molar-refractivity contribution in [1.82, 2.24) is 4.90 Å². The molecule has 1 fully saturated rings. The van der Waals surface area contributed by atoms with Gasteiger partial charge in [-0.1, -0.05) is 18.5 Å². The predicted octanol–water partition coefficient (Wildman–Crippen LogP) is 4.60. The van der Waals surface area contributed by atoms with Crippen LogP contribution >= 0.6 is 11.6 Å². The topological polar surface area (TPSA) is 58.6 Å². The highest BCUT2D eigenvalue weighted by Crippen LogP contribution is 2.27. The lowest BCUT2D eigenvalue weighted by molar-refractivity contribution is 0.0165. The summed E-state index contributed by atoms with van der Waals surface area (Å²) in [7, 11) is 0. The van der Waals surface area contributed by atoms with E-state index in [-0.39, 0.29) is 23.8 Å². The van der Waals surface area contributed by atoms with Crippen molar-refractivity contribution in [2.45, 2.75) is 52.7 Å². The minimum Gasteiger partial charge on any atom is -0.444 e.